The Bertz CT molecular complexity index is 2220. The van der Waals surface area contributed by atoms with Crippen LogP contribution < -0.4 is 0 Å². The normalized spacial score (nSPS) is 21.0. The molecule has 2 aromatic heterocycles. The highest BCUT2D eigenvalue weighted by molar-refractivity contribution is 5.82. The molecule has 0 saturated carbocycles. The highest BCUT2D eigenvalue weighted by Gasteiger charge is 2.57. The summed E-state index contributed by atoms with van der Waals surface area (Å²) in [6.07, 6.45) is -2.58. The quantitative estimate of drug-likeness (QED) is 0.194. The summed E-state index contributed by atoms with van der Waals surface area (Å²) >= 11 is 0. The predicted octanol–water partition coefficient (Wildman–Crippen LogP) is 10.8. The summed E-state index contributed by atoms with van der Waals surface area (Å²) < 4.78 is 56.1. The maximum Gasteiger partial charge on any atom is 0.402 e. The molecule has 4 aromatic carbocycles. The van der Waals surface area contributed by atoms with E-state index in [2.05, 4.69) is 56.9 Å². The predicted molar refractivity (Wildman–Crippen MR) is 178 cm³/mol. The van der Waals surface area contributed by atoms with Crippen molar-refractivity contribution < 1.29 is 22.0 Å². The second-order valence-electron chi connectivity index (χ2n) is 15.3. The van der Waals surface area contributed by atoms with Gasteiger partial charge in [0.05, 0.1) is 0 Å². The molecule has 0 amide bonds. The average molecular weight is 635 g/mol. The van der Waals surface area contributed by atoms with E-state index in [4.69, 9.17) is 13.8 Å². The first-order valence-corrected chi connectivity index (χ1v) is 16.1. The number of nitrogens with zero attached hydrogens (tertiary/aromatic N) is 2. The van der Waals surface area contributed by atoms with Crippen molar-refractivity contribution in [3.8, 4) is 11.5 Å². The van der Waals surface area contributed by atoms with E-state index in [1.165, 1.54) is 29.2 Å². The van der Waals surface area contributed by atoms with Gasteiger partial charge in [0.2, 0.25) is 5.89 Å². The minimum absolute atomic E-state index is 0.0723. The van der Waals surface area contributed by atoms with Crippen molar-refractivity contribution in [3.05, 3.63) is 118 Å². The summed E-state index contributed by atoms with van der Waals surface area (Å²) in [5.74, 6) is 1.05. The number of hydrogen-bond acceptors (Lipinski definition) is 4. The molecule has 7 heteroatoms. The molecule has 0 radical (unpaired) electrons. The van der Waals surface area contributed by atoms with Crippen LogP contribution in [0.15, 0.2) is 81.6 Å². The van der Waals surface area contributed by atoms with Crippen molar-refractivity contribution in [2.75, 3.05) is 0 Å². The summed E-state index contributed by atoms with van der Waals surface area (Å²) in [5.41, 5.74) is 7.53. The van der Waals surface area contributed by atoms with E-state index in [-0.39, 0.29) is 27.4 Å². The van der Waals surface area contributed by atoms with Crippen LogP contribution in [0.2, 0.25) is 0 Å². The monoisotopic (exact) mass is 634 g/mol. The summed E-state index contributed by atoms with van der Waals surface area (Å²) in [6, 6.07) is 21.7. The Labute approximate surface area is 272 Å². The Kier molecular flexibility index (Phi) is 5.97. The lowest BCUT2D eigenvalue weighted by molar-refractivity contribution is -0.173. The second kappa shape index (κ2) is 9.36. The number of aromatic nitrogens is 2. The third-order valence-electron chi connectivity index (χ3n) is 11.0. The molecule has 2 aliphatic carbocycles. The fourth-order valence-electron chi connectivity index (χ4n) is 8.71. The van der Waals surface area contributed by atoms with Crippen LogP contribution in [0.4, 0.5) is 13.2 Å². The summed E-state index contributed by atoms with van der Waals surface area (Å²) in [7, 11) is 0. The lowest BCUT2D eigenvalue weighted by atomic mass is 9.72. The lowest BCUT2D eigenvalue weighted by Crippen LogP contribution is -2.40. The number of benzene rings is 4. The molecule has 0 N–H and O–H groups in total. The van der Waals surface area contributed by atoms with Crippen LogP contribution in [0.5, 0.6) is 0 Å². The molecule has 6 aromatic rings. The van der Waals surface area contributed by atoms with Crippen molar-refractivity contribution in [2.45, 2.75) is 89.1 Å². The van der Waals surface area contributed by atoms with Crippen LogP contribution in [-0.4, -0.2) is 16.1 Å². The molecule has 2 heterocycles. The first-order valence-electron chi connectivity index (χ1n) is 16.1. The van der Waals surface area contributed by atoms with E-state index >= 15 is 0 Å². The molecular formula is C40H37F3N2O2. The smallest absolute Gasteiger partial charge is 0.402 e. The fraction of sp³-hybridized carbons (Fsp3) is 0.350. The van der Waals surface area contributed by atoms with Crippen LogP contribution in [0, 0.1) is 13.8 Å². The van der Waals surface area contributed by atoms with E-state index in [9.17, 15) is 13.2 Å². The first-order chi connectivity index (χ1) is 22.0. The largest absolute Gasteiger partial charge is 0.441 e. The van der Waals surface area contributed by atoms with Crippen molar-refractivity contribution >= 4 is 22.2 Å². The Balaban J connectivity index is 1.22. The van der Waals surface area contributed by atoms with Crippen LogP contribution in [0.1, 0.15) is 92.3 Å². The van der Waals surface area contributed by atoms with Crippen LogP contribution in [-0.2, 0) is 21.7 Å². The topological polar surface area (TPSA) is 52.1 Å². The molecule has 1 spiro atoms. The maximum absolute atomic E-state index is 14.6. The molecule has 2 aliphatic rings. The van der Waals surface area contributed by atoms with E-state index in [1.807, 2.05) is 13.8 Å². The van der Waals surface area contributed by atoms with Crippen LogP contribution in [0.3, 0.4) is 0 Å². The molecule has 2 atom stereocenters. The highest BCUT2D eigenvalue weighted by Crippen LogP contribution is 2.63. The van der Waals surface area contributed by atoms with Crippen molar-refractivity contribution in [1.82, 2.24) is 9.97 Å². The van der Waals surface area contributed by atoms with Gasteiger partial charge >= 0.3 is 6.18 Å². The Morgan fingerprint density at radius 1 is 0.638 bits per heavy atom. The van der Waals surface area contributed by atoms with E-state index in [1.54, 1.807) is 48.5 Å². The van der Waals surface area contributed by atoms with Crippen LogP contribution >= 0.6 is 0 Å². The first kappa shape index (κ1) is 30.0. The van der Waals surface area contributed by atoms with Gasteiger partial charge in [-0.05, 0) is 107 Å². The standard InChI is InChI=1S/C40H37F3N2O2/c1-22-8-12-25(13-9-22)38(7,40(41,42)43)26-14-10-24(11-15-26)35-45-32-17-30-28(19-34(32)47-35)37(5,6)21-39(30)20-36(3,4)27-18-33-31(16-29(27)39)44-23(2)46-33/h8-19H,20-21H2,1-7H3. The zero-order chi connectivity index (χ0) is 33.3. The van der Waals surface area contributed by atoms with Gasteiger partial charge in [-0.1, -0.05) is 69.7 Å². The number of halogens is 3. The number of aryl methyl sites for hydroxylation is 2. The molecule has 0 fully saturated rings. The van der Waals surface area contributed by atoms with Gasteiger partial charge in [0.1, 0.15) is 16.4 Å². The zero-order valence-electron chi connectivity index (χ0n) is 27.7. The summed E-state index contributed by atoms with van der Waals surface area (Å²) in [6.45, 7) is 14.2. The van der Waals surface area contributed by atoms with Gasteiger partial charge in [-0.2, -0.15) is 13.2 Å². The minimum atomic E-state index is -4.49. The van der Waals surface area contributed by atoms with E-state index < -0.39 is 11.6 Å². The van der Waals surface area contributed by atoms with Gasteiger partial charge in [0.25, 0.3) is 0 Å². The number of oxazole rings is 2. The molecule has 0 aliphatic heterocycles. The third kappa shape index (κ3) is 4.20. The third-order valence-corrected chi connectivity index (χ3v) is 11.0. The number of rotatable bonds is 3. The van der Waals surface area contributed by atoms with E-state index in [0.29, 0.717) is 22.9 Å². The minimum Gasteiger partial charge on any atom is -0.441 e. The molecule has 2 unspecified atom stereocenters. The van der Waals surface area contributed by atoms with Gasteiger partial charge in [-0.3, -0.25) is 0 Å². The maximum atomic E-state index is 14.6. The fourth-order valence-corrected chi connectivity index (χ4v) is 8.71. The Morgan fingerprint density at radius 3 is 1.66 bits per heavy atom. The van der Waals surface area contributed by atoms with Gasteiger partial charge in [-0.25, -0.2) is 9.97 Å². The highest BCUT2D eigenvalue weighted by atomic mass is 19.4. The molecular weight excluding hydrogens is 597 g/mol. The molecule has 8 rings (SSSR count). The van der Waals surface area contributed by atoms with Crippen molar-refractivity contribution in [1.29, 1.82) is 0 Å². The Morgan fingerprint density at radius 2 is 1.13 bits per heavy atom. The van der Waals surface area contributed by atoms with Crippen molar-refractivity contribution in [2.24, 2.45) is 0 Å². The zero-order valence-corrected chi connectivity index (χ0v) is 27.7. The van der Waals surface area contributed by atoms with Crippen molar-refractivity contribution in [3.63, 3.8) is 0 Å². The molecule has 47 heavy (non-hydrogen) atoms. The van der Waals surface area contributed by atoms with Gasteiger partial charge in [-0.15, -0.1) is 0 Å². The van der Waals surface area contributed by atoms with Gasteiger partial charge < -0.3 is 8.83 Å². The molecule has 0 bridgehead atoms. The van der Waals surface area contributed by atoms with Gasteiger partial charge in [0.15, 0.2) is 17.1 Å². The SMILES string of the molecule is Cc1ccc(C(C)(c2ccc(-c3nc4cc5c(cc4o3)C(C)(C)CC53CC(C)(C)c4cc5oc(C)nc5cc43)cc2)C(F)(F)F)cc1. The summed E-state index contributed by atoms with van der Waals surface area (Å²) in [5, 5.41) is 0. The lowest BCUT2D eigenvalue weighted by Gasteiger charge is -2.33. The molecule has 240 valence electrons. The number of fused-ring (bicyclic) bond motifs is 6. The van der Waals surface area contributed by atoms with Crippen LogP contribution in [0.25, 0.3) is 33.7 Å². The Hall–Kier alpha value is -4.39. The molecule has 0 saturated heterocycles. The number of alkyl halides is 3. The number of hydrogen-bond donors (Lipinski definition) is 0. The van der Waals surface area contributed by atoms with E-state index in [0.717, 1.165) is 35.0 Å². The summed E-state index contributed by atoms with van der Waals surface area (Å²) in [4.78, 5) is 9.57. The second-order valence-corrected chi connectivity index (χ2v) is 15.3. The van der Waals surface area contributed by atoms with Gasteiger partial charge in [0, 0.05) is 17.9 Å². The molecule has 4 nitrogen and oxygen atoms in total. The average Bonchev–Trinajstić information content (AvgIpc) is 3.70.